The molecule has 0 unspecified atom stereocenters. The minimum Gasteiger partial charge on any atom is -0.378 e. The van der Waals surface area contributed by atoms with Crippen LogP contribution in [0, 0.1) is 11.6 Å². The molecule has 176 valence electrons. The van der Waals surface area contributed by atoms with Gasteiger partial charge in [-0.2, -0.15) is 0 Å². The Hall–Kier alpha value is -3.78. The molecule has 0 radical (unpaired) electrons. The largest absolute Gasteiger partial charge is 0.378 e. The molecule has 6 nitrogen and oxygen atoms in total. The van der Waals surface area contributed by atoms with Crippen LogP contribution in [0.4, 0.5) is 14.5 Å². The lowest BCUT2D eigenvalue weighted by molar-refractivity contribution is -0.134. The first-order valence-electron chi connectivity index (χ1n) is 10.9. The maximum atomic E-state index is 13.4. The smallest absolute Gasteiger partial charge is 0.254 e. The minimum absolute atomic E-state index is 0.236. The molecule has 0 aromatic heterocycles. The number of amides is 2. The Balaban J connectivity index is 1.49. The van der Waals surface area contributed by atoms with Crippen LogP contribution in [0.15, 0.2) is 66.7 Å². The van der Waals surface area contributed by atoms with Crippen LogP contribution in [0.1, 0.15) is 30.2 Å². The van der Waals surface area contributed by atoms with Gasteiger partial charge in [0.15, 0.2) is 6.10 Å². The first-order valence-corrected chi connectivity index (χ1v) is 10.9. The third-order valence-electron chi connectivity index (χ3n) is 5.92. The summed E-state index contributed by atoms with van der Waals surface area (Å²) in [6.45, 7) is 1.98. The molecule has 0 saturated heterocycles. The standard InChI is InChI=1S/C26H25F2N3O3/c1-15(29-26(34)24(32)16-11-17(27)13-18(28)12-16)25(33)30-22-14-31(2)23-10-6-5-9-21(23)19-7-3-4-8-20(19)22/h3-13,15,22,24,32H,14H2,1-2H3,(H,29,34)(H,30,33)/t15-,22+,24-/m0/s1. The predicted octanol–water partition coefficient (Wildman–Crippen LogP) is 3.48. The first-order chi connectivity index (χ1) is 16.2. The highest BCUT2D eigenvalue weighted by atomic mass is 19.1. The fraction of sp³-hybridized carbons (Fsp3) is 0.231. The van der Waals surface area contributed by atoms with Gasteiger partial charge in [-0.15, -0.1) is 0 Å². The van der Waals surface area contributed by atoms with E-state index in [1.807, 2.05) is 55.6 Å². The van der Waals surface area contributed by atoms with Crippen LogP contribution < -0.4 is 15.5 Å². The Morgan fingerprint density at radius 2 is 1.59 bits per heavy atom. The molecule has 2 amide bonds. The van der Waals surface area contributed by atoms with Crippen molar-refractivity contribution in [3.8, 4) is 11.1 Å². The normalized spacial score (nSPS) is 16.5. The van der Waals surface area contributed by atoms with Crippen molar-refractivity contribution < 1.29 is 23.5 Å². The zero-order valence-electron chi connectivity index (χ0n) is 18.8. The van der Waals surface area contributed by atoms with E-state index in [0.29, 0.717) is 12.6 Å². The first kappa shape index (κ1) is 23.4. The van der Waals surface area contributed by atoms with E-state index in [2.05, 4.69) is 15.5 Å². The lowest BCUT2D eigenvalue weighted by Gasteiger charge is -2.26. The van der Waals surface area contributed by atoms with E-state index in [0.717, 1.165) is 34.5 Å². The molecule has 0 saturated carbocycles. The number of nitrogens with zero attached hydrogens (tertiary/aromatic N) is 1. The van der Waals surface area contributed by atoms with Gasteiger partial charge in [0.1, 0.15) is 17.7 Å². The zero-order chi connectivity index (χ0) is 24.4. The number of nitrogens with one attached hydrogen (secondary N) is 2. The topological polar surface area (TPSA) is 81.7 Å². The number of carbonyl (C=O) groups is 2. The van der Waals surface area contributed by atoms with Gasteiger partial charge < -0.3 is 20.6 Å². The summed E-state index contributed by atoms with van der Waals surface area (Å²) in [7, 11) is 1.95. The summed E-state index contributed by atoms with van der Waals surface area (Å²) in [4.78, 5) is 27.5. The number of hydrogen-bond acceptors (Lipinski definition) is 4. The van der Waals surface area contributed by atoms with Gasteiger partial charge in [-0.3, -0.25) is 9.59 Å². The number of likely N-dealkylation sites (N-methyl/N-ethyl adjacent to an activating group) is 1. The van der Waals surface area contributed by atoms with Gasteiger partial charge in [-0.1, -0.05) is 42.5 Å². The third-order valence-corrected chi connectivity index (χ3v) is 5.92. The van der Waals surface area contributed by atoms with Gasteiger partial charge in [0, 0.05) is 30.9 Å². The summed E-state index contributed by atoms with van der Waals surface area (Å²) in [5.41, 5.74) is 3.82. The second-order valence-electron chi connectivity index (χ2n) is 8.38. The Bertz CT molecular complexity index is 1210. The number of aliphatic hydroxyl groups excluding tert-OH is 1. The summed E-state index contributed by atoms with van der Waals surface area (Å²) >= 11 is 0. The van der Waals surface area contributed by atoms with E-state index in [1.165, 1.54) is 6.92 Å². The van der Waals surface area contributed by atoms with Crippen LogP contribution in [0.5, 0.6) is 0 Å². The van der Waals surface area contributed by atoms with Crippen molar-refractivity contribution in [1.29, 1.82) is 0 Å². The highest BCUT2D eigenvalue weighted by Gasteiger charge is 2.28. The number of carbonyl (C=O) groups excluding carboxylic acids is 2. The maximum absolute atomic E-state index is 13.4. The number of anilines is 1. The van der Waals surface area contributed by atoms with Gasteiger partial charge in [0.25, 0.3) is 5.91 Å². The van der Waals surface area contributed by atoms with Crippen LogP contribution >= 0.6 is 0 Å². The van der Waals surface area contributed by atoms with Crippen LogP contribution in [0.25, 0.3) is 11.1 Å². The van der Waals surface area contributed by atoms with Crippen molar-refractivity contribution in [3.05, 3.63) is 89.5 Å². The molecule has 8 heteroatoms. The Kier molecular flexibility index (Phi) is 6.61. The number of fused-ring (bicyclic) bond motifs is 3. The monoisotopic (exact) mass is 465 g/mol. The molecule has 0 fully saturated rings. The van der Waals surface area contributed by atoms with Crippen molar-refractivity contribution in [3.63, 3.8) is 0 Å². The molecule has 0 bridgehead atoms. The highest BCUT2D eigenvalue weighted by Crippen LogP contribution is 2.38. The van der Waals surface area contributed by atoms with Crippen molar-refractivity contribution in [2.45, 2.75) is 25.1 Å². The number of halogens is 2. The van der Waals surface area contributed by atoms with E-state index in [1.54, 1.807) is 0 Å². The van der Waals surface area contributed by atoms with E-state index in [9.17, 15) is 23.5 Å². The highest BCUT2D eigenvalue weighted by molar-refractivity contribution is 5.90. The van der Waals surface area contributed by atoms with Crippen molar-refractivity contribution >= 4 is 17.5 Å². The molecule has 3 aromatic rings. The molecule has 1 aliphatic rings. The van der Waals surface area contributed by atoms with Gasteiger partial charge in [0.2, 0.25) is 5.91 Å². The summed E-state index contributed by atoms with van der Waals surface area (Å²) in [6.07, 6.45) is -1.82. The lowest BCUT2D eigenvalue weighted by Crippen LogP contribution is -2.48. The molecule has 3 aromatic carbocycles. The van der Waals surface area contributed by atoms with Crippen LogP contribution in [-0.4, -0.2) is 36.6 Å². The third kappa shape index (κ3) is 4.77. The maximum Gasteiger partial charge on any atom is 0.254 e. The number of aliphatic hydroxyl groups is 1. The molecule has 1 heterocycles. The molecular formula is C26H25F2N3O3. The molecular weight excluding hydrogens is 440 g/mol. The number of hydrogen-bond donors (Lipinski definition) is 3. The average molecular weight is 466 g/mol. The van der Waals surface area contributed by atoms with Crippen LogP contribution in [-0.2, 0) is 9.59 Å². The molecule has 3 atom stereocenters. The summed E-state index contributed by atoms with van der Waals surface area (Å²) in [5.74, 6) is -3.21. The van der Waals surface area contributed by atoms with E-state index in [-0.39, 0.29) is 11.6 Å². The zero-order valence-corrected chi connectivity index (χ0v) is 18.8. The molecule has 1 aliphatic heterocycles. The van der Waals surface area contributed by atoms with E-state index < -0.39 is 35.6 Å². The fourth-order valence-electron chi connectivity index (χ4n) is 4.21. The van der Waals surface area contributed by atoms with Crippen molar-refractivity contribution in [2.75, 3.05) is 18.5 Å². The lowest BCUT2D eigenvalue weighted by atomic mass is 9.95. The Morgan fingerprint density at radius 3 is 2.29 bits per heavy atom. The van der Waals surface area contributed by atoms with Gasteiger partial charge in [0.05, 0.1) is 6.04 Å². The molecule has 34 heavy (non-hydrogen) atoms. The number of benzene rings is 3. The summed E-state index contributed by atoms with van der Waals surface area (Å²) in [6, 6.07) is 16.8. The molecule has 0 aliphatic carbocycles. The summed E-state index contributed by atoms with van der Waals surface area (Å²) in [5, 5.41) is 15.6. The second-order valence-corrected chi connectivity index (χ2v) is 8.38. The quantitative estimate of drug-likeness (QED) is 0.539. The van der Waals surface area contributed by atoms with Gasteiger partial charge >= 0.3 is 0 Å². The van der Waals surface area contributed by atoms with E-state index in [4.69, 9.17) is 0 Å². The SMILES string of the molecule is C[C@H](NC(=O)[C@@H](O)c1cc(F)cc(F)c1)C(=O)N[C@@H]1CN(C)c2ccccc2-c2ccccc21. The minimum atomic E-state index is -1.82. The Labute approximate surface area is 196 Å². The van der Waals surface area contributed by atoms with Crippen LogP contribution in [0.2, 0.25) is 0 Å². The van der Waals surface area contributed by atoms with E-state index >= 15 is 0 Å². The molecule has 3 N–H and O–H groups in total. The second kappa shape index (κ2) is 9.61. The number of para-hydroxylation sites is 1. The fourth-order valence-corrected chi connectivity index (χ4v) is 4.21. The van der Waals surface area contributed by atoms with Crippen molar-refractivity contribution in [2.24, 2.45) is 0 Å². The van der Waals surface area contributed by atoms with Gasteiger partial charge in [-0.05, 0) is 41.8 Å². The van der Waals surface area contributed by atoms with Crippen molar-refractivity contribution in [1.82, 2.24) is 10.6 Å². The Morgan fingerprint density at radius 1 is 0.971 bits per heavy atom. The van der Waals surface area contributed by atoms with Crippen LogP contribution in [0.3, 0.4) is 0 Å². The predicted molar refractivity (Wildman–Crippen MR) is 125 cm³/mol. The average Bonchev–Trinajstić information content (AvgIpc) is 2.93. The molecule has 4 rings (SSSR count). The van der Waals surface area contributed by atoms with Gasteiger partial charge in [-0.25, -0.2) is 8.78 Å². The molecule has 0 spiro atoms. The summed E-state index contributed by atoms with van der Waals surface area (Å²) < 4.78 is 26.9. The number of rotatable bonds is 5.